The monoisotopic (exact) mass is 327 g/mol. The number of amides is 2. The van der Waals surface area contributed by atoms with Gasteiger partial charge in [-0.2, -0.15) is 0 Å². The fourth-order valence-corrected chi connectivity index (χ4v) is 3.21. The number of rotatable bonds is 4. The summed E-state index contributed by atoms with van der Waals surface area (Å²) in [6.07, 6.45) is 4.20. The molecule has 1 heterocycles. The molecular formula is C18H21N3O3. The molecule has 2 amide bonds. The normalized spacial score (nSPS) is 16.4. The third-order valence-corrected chi connectivity index (χ3v) is 4.52. The Morgan fingerprint density at radius 1 is 1.12 bits per heavy atom. The van der Waals surface area contributed by atoms with E-state index in [-0.39, 0.29) is 17.5 Å². The van der Waals surface area contributed by atoms with Crippen LogP contribution in [0.3, 0.4) is 0 Å². The quantitative estimate of drug-likeness (QED) is 0.904. The SMILES string of the molecule is CNC(=O)C1(NC(=O)c2cc(-c3ccccc3)on2)CCCCC1. The molecule has 0 unspecified atom stereocenters. The van der Waals surface area contributed by atoms with E-state index in [1.165, 1.54) is 0 Å². The lowest BCUT2D eigenvalue weighted by atomic mass is 9.80. The van der Waals surface area contributed by atoms with Gasteiger partial charge >= 0.3 is 0 Å². The Morgan fingerprint density at radius 2 is 1.83 bits per heavy atom. The number of carbonyl (C=O) groups excluding carboxylic acids is 2. The van der Waals surface area contributed by atoms with Gasteiger partial charge in [0, 0.05) is 18.7 Å². The van der Waals surface area contributed by atoms with Crippen LogP contribution in [-0.4, -0.2) is 29.6 Å². The van der Waals surface area contributed by atoms with Gasteiger partial charge in [-0.1, -0.05) is 54.8 Å². The average molecular weight is 327 g/mol. The highest BCUT2D eigenvalue weighted by Gasteiger charge is 2.40. The van der Waals surface area contributed by atoms with Crippen LogP contribution >= 0.6 is 0 Å². The Balaban J connectivity index is 1.79. The van der Waals surface area contributed by atoms with E-state index in [0.29, 0.717) is 18.6 Å². The lowest BCUT2D eigenvalue weighted by Gasteiger charge is -2.35. The van der Waals surface area contributed by atoms with Crippen LogP contribution in [0.5, 0.6) is 0 Å². The largest absolute Gasteiger partial charge is 0.357 e. The highest BCUT2D eigenvalue weighted by Crippen LogP contribution is 2.29. The van der Waals surface area contributed by atoms with Crippen LogP contribution in [0.25, 0.3) is 11.3 Å². The Labute approximate surface area is 140 Å². The van der Waals surface area contributed by atoms with Gasteiger partial charge in [0.1, 0.15) is 5.54 Å². The topological polar surface area (TPSA) is 84.2 Å². The lowest BCUT2D eigenvalue weighted by Crippen LogP contribution is -2.59. The van der Waals surface area contributed by atoms with E-state index in [1.807, 2.05) is 30.3 Å². The van der Waals surface area contributed by atoms with Gasteiger partial charge in [0.25, 0.3) is 5.91 Å². The summed E-state index contributed by atoms with van der Waals surface area (Å²) in [5.41, 5.74) is 0.182. The van der Waals surface area contributed by atoms with Crippen LogP contribution in [0.4, 0.5) is 0 Å². The predicted molar refractivity (Wildman–Crippen MR) is 89.3 cm³/mol. The summed E-state index contributed by atoms with van der Waals surface area (Å²) in [6, 6.07) is 11.1. The summed E-state index contributed by atoms with van der Waals surface area (Å²) in [5, 5.41) is 9.41. The molecule has 0 aliphatic heterocycles. The molecule has 1 aromatic heterocycles. The molecule has 1 fully saturated rings. The van der Waals surface area contributed by atoms with Gasteiger partial charge in [0.2, 0.25) is 5.91 Å². The molecule has 6 heteroatoms. The number of hydrogen-bond acceptors (Lipinski definition) is 4. The van der Waals surface area contributed by atoms with Crippen molar-refractivity contribution in [3.05, 3.63) is 42.1 Å². The molecule has 6 nitrogen and oxygen atoms in total. The van der Waals surface area contributed by atoms with Gasteiger partial charge in [-0.25, -0.2) is 0 Å². The van der Waals surface area contributed by atoms with E-state index >= 15 is 0 Å². The molecule has 1 saturated carbocycles. The minimum Gasteiger partial charge on any atom is -0.357 e. The number of likely N-dealkylation sites (N-methyl/N-ethyl adjacent to an activating group) is 1. The van der Waals surface area contributed by atoms with Gasteiger partial charge in [0.05, 0.1) is 0 Å². The van der Waals surface area contributed by atoms with Crippen LogP contribution in [-0.2, 0) is 4.79 Å². The summed E-state index contributed by atoms with van der Waals surface area (Å²) >= 11 is 0. The molecule has 3 rings (SSSR count). The highest BCUT2D eigenvalue weighted by molar-refractivity contribution is 5.98. The Bertz CT molecular complexity index is 718. The molecule has 0 spiro atoms. The molecule has 1 aliphatic carbocycles. The fraction of sp³-hybridized carbons (Fsp3) is 0.389. The average Bonchev–Trinajstić information content (AvgIpc) is 3.13. The van der Waals surface area contributed by atoms with E-state index in [2.05, 4.69) is 15.8 Å². The second-order valence-electron chi connectivity index (χ2n) is 6.12. The maximum absolute atomic E-state index is 12.6. The predicted octanol–water partition coefficient (Wildman–Crippen LogP) is 2.52. The molecule has 0 radical (unpaired) electrons. The van der Waals surface area contributed by atoms with Gasteiger partial charge in [-0.15, -0.1) is 0 Å². The van der Waals surface area contributed by atoms with E-state index in [4.69, 9.17) is 4.52 Å². The van der Waals surface area contributed by atoms with Gasteiger partial charge in [-0.3, -0.25) is 9.59 Å². The molecule has 24 heavy (non-hydrogen) atoms. The standard InChI is InChI=1S/C18H21N3O3/c1-19-17(23)18(10-6-3-7-11-18)20-16(22)14-12-15(24-21-14)13-8-4-2-5-9-13/h2,4-5,8-9,12H,3,6-7,10-11H2,1H3,(H,19,23)(H,20,22). The molecule has 0 atom stereocenters. The summed E-state index contributed by atoms with van der Waals surface area (Å²) < 4.78 is 5.27. The minimum atomic E-state index is -0.851. The number of nitrogens with one attached hydrogen (secondary N) is 2. The third-order valence-electron chi connectivity index (χ3n) is 4.52. The summed E-state index contributed by atoms with van der Waals surface area (Å²) in [6.45, 7) is 0. The summed E-state index contributed by atoms with van der Waals surface area (Å²) in [4.78, 5) is 24.9. The van der Waals surface area contributed by atoms with E-state index < -0.39 is 5.54 Å². The van der Waals surface area contributed by atoms with Crippen LogP contribution < -0.4 is 10.6 Å². The molecule has 2 aromatic rings. The Kier molecular flexibility index (Phi) is 4.64. The molecule has 0 bridgehead atoms. The van der Waals surface area contributed by atoms with Crippen molar-refractivity contribution in [2.24, 2.45) is 0 Å². The molecule has 1 aliphatic rings. The molecule has 126 valence electrons. The van der Waals surface area contributed by atoms with Gasteiger partial charge in [-0.05, 0) is 12.8 Å². The van der Waals surface area contributed by atoms with Crippen LogP contribution in [0.15, 0.2) is 40.9 Å². The first-order chi connectivity index (χ1) is 11.6. The van der Waals surface area contributed by atoms with Crippen molar-refractivity contribution in [3.8, 4) is 11.3 Å². The number of aromatic nitrogens is 1. The maximum atomic E-state index is 12.6. The number of benzene rings is 1. The van der Waals surface area contributed by atoms with E-state index in [9.17, 15) is 9.59 Å². The van der Waals surface area contributed by atoms with Crippen molar-refractivity contribution >= 4 is 11.8 Å². The first-order valence-electron chi connectivity index (χ1n) is 8.21. The maximum Gasteiger partial charge on any atom is 0.274 e. The van der Waals surface area contributed by atoms with Crippen molar-refractivity contribution in [3.63, 3.8) is 0 Å². The summed E-state index contributed by atoms with van der Waals surface area (Å²) in [5.74, 6) is -0.00727. The highest BCUT2D eigenvalue weighted by atomic mass is 16.5. The zero-order valence-corrected chi connectivity index (χ0v) is 13.7. The fourth-order valence-electron chi connectivity index (χ4n) is 3.21. The Morgan fingerprint density at radius 3 is 2.50 bits per heavy atom. The van der Waals surface area contributed by atoms with Crippen LogP contribution in [0.2, 0.25) is 0 Å². The van der Waals surface area contributed by atoms with E-state index in [0.717, 1.165) is 24.8 Å². The number of hydrogen-bond donors (Lipinski definition) is 2. The van der Waals surface area contributed by atoms with Gasteiger partial charge < -0.3 is 15.2 Å². The first kappa shape index (κ1) is 16.2. The van der Waals surface area contributed by atoms with E-state index in [1.54, 1.807) is 13.1 Å². The second kappa shape index (κ2) is 6.86. The first-order valence-corrected chi connectivity index (χ1v) is 8.21. The van der Waals surface area contributed by atoms with Gasteiger partial charge in [0.15, 0.2) is 11.5 Å². The number of carbonyl (C=O) groups is 2. The molecule has 0 saturated heterocycles. The number of nitrogens with zero attached hydrogens (tertiary/aromatic N) is 1. The van der Waals surface area contributed by atoms with Crippen molar-refractivity contribution in [1.82, 2.24) is 15.8 Å². The molecular weight excluding hydrogens is 306 g/mol. The zero-order chi connectivity index (χ0) is 17.0. The van der Waals surface area contributed by atoms with Crippen molar-refractivity contribution in [2.75, 3.05) is 7.05 Å². The summed E-state index contributed by atoms with van der Waals surface area (Å²) in [7, 11) is 1.59. The van der Waals surface area contributed by atoms with Crippen molar-refractivity contribution in [1.29, 1.82) is 0 Å². The van der Waals surface area contributed by atoms with Crippen LogP contribution in [0.1, 0.15) is 42.6 Å². The third kappa shape index (κ3) is 3.18. The second-order valence-corrected chi connectivity index (χ2v) is 6.12. The molecule has 2 N–H and O–H groups in total. The minimum absolute atomic E-state index is 0.151. The smallest absolute Gasteiger partial charge is 0.274 e. The zero-order valence-electron chi connectivity index (χ0n) is 13.7. The molecule has 1 aromatic carbocycles. The van der Waals surface area contributed by atoms with Crippen molar-refractivity contribution in [2.45, 2.75) is 37.6 Å². The van der Waals surface area contributed by atoms with Crippen LogP contribution in [0, 0.1) is 0 Å². The lowest BCUT2D eigenvalue weighted by molar-refractivity contribution is -0.128. The Hall–Kier alpha value is -2.63. The van der Waals surface area contributed by atoms with Crippen molar-refractivity contribution < 1.29 is 14.1 Å².